The van der Waals surface area contributed by atoms with Crippen molar-refractivity contribution in [2.75, 3.05) is 6.66 Å². The Bertz CT molecular complexity index is 455. The predicted octanol–water partition coefficient (Wildman–Crippen LogP) is 3.95. The van der Waals surface area contributed by atoms with Gasteiger partial charge in [-0.05, 0) is 13.6 Å². The molecule has 1 nitrogen and oxygen atoms in total. The summed E-state index contributed by atoms with van der Waals surface area (Å²) in [4.78, 5) is 0. The van der Waals surface area contributed by atoms with Crippen molar-refractivity contribution in [3.63, 3.8) is 0 Å². The fourth-order valence-corrected chi connectivity index (χ4v) is 3.42. The van der Waals surface area contributed by atoms with Crippen LogP contribution in [0.15, 0.2) is 66.5 Å². The van der Waals surface area contributed by atoms with E-state index in [4.69, 9.17) is 0 Å². The first-order chi connectivity index (χ1) is 7.62. The topological polar surface area (TPSA) is 17.1 Å². The molecular weight excluding hydrogens is 215 g/mol. The van der Waals surface area contributed by atoms with Crippen LogP contribution >= 0.6 is 7.14 Å². The van der Waals surface area contributed by atoms with Crippen molar-refractivity contribution < 1.29 is 4.57 Å². The average Bonchev–Trinajstić information content (AvgIpc) is 2.31. The Morgan fingerprint density at radius 2 is 1.94 bits per heavy atom. The Hall–Kier alpha value is -1.33. The van der Waals surface area contributed by atoms with Crippen LogP contribution in [0.1, 0.15) is 6.92 Å². The summed E-state index contributed by atoms with van der Waals surface area (Å²) in [5.74, 6) is 0. The monoisotopic (exact) mass is 232 g/mol. The summed E-state index contributed by atoms with van der Waals surface area (Å²) in [6.45, 7) is 7.32. The quantitative estimate of drug-likeness (QED) is 0.567. The first-order valence-corrected chi connectivity index (χ1v) is 7.37. The second-order valence-corrected chi connectivity index (χ2v) is 6.45. The molecule has 0 radical (unpaired) electrons. The fraction of sp³-hybridized carbons (Fsp3) is 0.143. The van der Waals surface area contributed by atoms with Gasteiger partial charge in [-0.2, -0.15) is 0 Å². The van der Waals surface area contributed by atoms with Crippen molar-refractivity contribution in [1.82, 2.24) is 0 Å². The Kier molecular flexibility index (Phi) is 4.52. The highest BCUT2D eigenvalue weighted by Gasteiger charge is 2.20. The van der Waals surface area contributed by atoms with E-state index < -0.39 is 7.14 Å². The minimum absolute atomic E-state index is 0.860. The molecule has 0 spiro atoms. The third-order valence-corrected chi connectivity index (χ3v) is 5.12. The Balaban J connectivity index is 3.15. The second-order valence-electron chi connectivity index (χ2n) is 3.57. The van der Waals surface area contributed by atoms with Crippen molar-refractivity contribution in [2.24, 2.45) is 0 Å². The third kappa shape index (κ3) is 2.84. The minimum Gasteiger partial charge on any atom is -0.314 e. The lowest BCUT2D eigenvalue weighted by atomic mass is 10.4. The van der Waals surface area contributed by atoms with Gasteiger partial charge in [0.05, 0.1) is 0 Å². The Morgan fingerprint density at radius 1 is 1.31 bits per heavy atom. The molecule has 1 rings (SSSR count). The highest BCUT2D eigenvalue weighted by molar-refractivity contribution is 7.75. The van der Waals surface area contributed by atoms with Crippen LogP contribution in [0.3, 0.4) is 0 Å². The van der Waals surface area contributed by atoms with Gasteiger partial charge < -0.3 is 4.57 Å². The molecule has 0 amide bonds. The molecule has 2 heteroatoms. The van der Waals surface area contributed by atoms with Crippen LogP contribution in [-0.4, -0.2) is 6.66 Å². The molecule has 1 unspecified atom stereocenters. The number of hydrogen-bond acceptors (Lipinski definition) is 1. The van der Waals surface area contributed by atoms with E-state index >= 15 is 0 Å². The van der Waals surface area contributed by atoms with E-state index in [9.17, 15) is 4.57 Å². The van der Waals surface area contributed by atoms with Crippen molar-refractivity contribution in [3.8, 4) is 0 Å². The fourth-order valence-electron chi connectivity index (χ4n) is 1.51. The standard InChI is InChI=1S/C14H17OP/c1-4-6-10-13(5-2)16(3,15)14-11-8-7-9-12-14/h4-12H,1H2,2-3H3/b10-6-,13-5+. The van der Waals surface area contributed by atoms with Gasteiger partial charge in [0.15, 0.2) is 0 Å². The lowest BCUT2D eigenvalue weighted by molar-refractivity contribution is 0.589. The summed E-state index contributed by atoms with van der Waals surface area (Å²) in [7, 11) is -2.46. The van der Waals surface area contributed by atoms with Gasteiger partial charge in [-0.3, -0.25) is 0 Å². The summed E-state index contributed by atoms with van der Waals surface area (Å²) in [6, 6.07) is 9.57. The van der Waals surface area contributed by atoms with E-state index in [1.54, 1.807) is 12.7 Å². The number of allylic oxidation sites excluding steroid dienone is 5. The summed E-state index contributed by atoms with van der Waals surface area (Å²) in [5, 5.41) is 1.75. The van der Waals surface area contributed by atoms with Gasteiger partial charge in [-0.25, -0.2) is 0 Å². The first-order valence-electron chi connectivity index (χ1n) is 5.22. The molecule has 0 saturated carbocycles. The molecule has 16 heavy (non-hydrogen) atoms. The largest absolute Gasteiger partial charge is 0.314 e. The van der Waals surface area contributed by atoms with Gasteiger partial charge in [0.2, 0.25) is 0 Å². The molecule has 0 heterocycles. The Labute approximate surface area is 97.6 Å². The van der Waals surface area contributed by atoms with E-state index in [1.807, 2.05) is 55.5 Å². The third-order valence-electron chi connectivity index (χ3n) is 2.44. The Morgan fingerprint density at radius 3 is 2.44 bits per heavy atom. The van der Waals surface area contributed by atoms with Crippen molar-refractivity contribution in [3.05, 3.63) is 66.5 Å². The molecule has 84 valence electrons. The van der Waals surface area contributed by atoms with Gasteiger partial charge in [0.1, 0.15) is 7.14 Å². The van der Waals surface area contributed by atoms with Gasteiger partial charge >= 0.3 is 0 Å². The molecule has 0 fully saturated rings. The molecule has 0 saturated heterocycles. The van der Waals surface area contributed by atoms with Crippen LogP contribution in [0.2, 0.25) is 0 Å². The molecule has 0 aliphatic rings. The smallest absolute Gasteiger partial charge is 0.140 e. The molecule has 1 aromatic rings. The second kappa shape index (κ2) is 5.67. The SMILES string of the molecule is C=C/C=C\C(=C/C)P(C)(=O)c1ccccc1. The molecule has 0 N–H and O–H groups in total. The van der Waals surface area contributed by atoms with Crippen LogP contribution in [0.5, 0.6) is 0 Å². The maximum atomic E-state index is 12.7. The first kappa shape index (κ1) is 12.7. The molecule has 0 aliphatic carbocycles. The molecule has 1 atom stereocenters. The summed E-state index contributed by atoms with van der Waals surface area (Å²) < 4.78 is 12.7. The molecule has 0 bridgehead atoms. The zero-order valence-corrected chi connectivity index (χ0v) is 10.7. The van der Waals surface area contributed by atoms with Crippen molar-refractivity contribution >= 4 is 12.4 Å². The summed E-state index contributed by atoms with van der Waals surface area (Å²) >= 11 is 0. The normalized spacial score (nSPS) is 16.0. The van der Waals surface area contributed by atoms with Crippen LogP contribution in [0.4, 0.5) is 0 Å². The minimum atomic E-state index is -2.46. The maximum Gasteiger partial charge on any atom is 0.140 e. The summed E-state index contributed by atoms with van der Waals surface area (Å²) in [6.07, 6.45) is 7.26. The van der Waals surface area contributed by atoms with E-state index in [0.29, 0.717) is 0 Å². The average molecular weight is 232 g/mol. The zero-order chi connectivity index (χ0) is 12.0. The zero-order valence-electron chi connectivity index (χ0n) is 9.76. The van der Waals surface area contributed by atoms with Crippen LogP contribution in [0, 0.1) is 0 Å². The number of rotatable bonds is 4. The molecular formula is C14H17OP. The van der Waals surface area contributed by atoms with E-state index in [1.165, 1.54) is 0 Å². The van der Waals surface area contributed by atoms with Crippen LogP contribution in [-0.2, 0) is 4.57 Å². The lowest BCUT2D eigenvalue weighted by Gasteiger charge is -2.14. The highest BCUT2D eigenvalue weighted by atomic mass is 31.2. The maximum absolute atomic E-state index is 12.7. The number of hydrogen-bond donors (Lipinski definition) is 0. The molecule has 0 aromatic heterocycles. The van der Waals surface area contributed by atoms with Crippen molar-refractivity contribution in [2.45, 2.75) is 6.92 Å². The van der Waals surface area contributed by atoms with E-state index in [2.05, 4.69) is 6.58 Å². The van der Waals surface area contributed by atoms with Crippen LogP contribution < -0.4 is 5.30 Å². The van der Waals surface area contributed by atoms with E-state index in [-0.39, 0.29) is 0 Å². The lowest BCUT2D eigenvalue weighted by Crippen LogP contribution is -2.03. The van der Waals surface area contributed by atoms with Crippen molar-refractivity contribution in [1.29, 1.82) is 0 Å². The van der Waals surface area contributed by atoms with Gasteiger partial charge in [0, 0.05) is 10.6 Å². The van der Waals surface area contributed by atoms with E-state index in [0.717, 1.165) is 10.6 Å². The van der Waals surface area contributed by atoms with Gasteiger partial charge in [0.25, 0.3) is 0 Å². The van der Waals surface area contributed by atoms with Gasteiger partial charge in [-0.1, -0.05) is 61.2 Å². The van der Waals surface area contributed by atoms with Crippen LogP contribution in [0.25, 0.3) is 0 Å². The highest BCUT2D eigenvalue weighted by Crippen LogP contribution is 2.49. The van der Waals surface area contributed by atoms with Gasteiger partial charge in [-0.15, -0.1) is 0 Å². The molecule has 1 aromatic carbocycles. The molecule has 0 aliphatic heterocycles. The predicted molar refractivity (Wildman–Crippen MR) is 72.7 cm³/mol. The summed E-state index contributed by atoms with van der Waals surface area (Å²) in [5.41, 5.74) is 0. The number of benzene rings is 1.